The van der Waals surface area contributed by atoms with Crippen LogP contribution in [0.2, 0.25) is 0 Å². The van der Waals surface area contributed by atoms with Crippen LogP contribution >= 0.6 is 15.9 Å². The van der Waals surface area contributed by atoms with Crippen LogP contribution in [0, 0.1) is 27.7 Å². The van der Waals surface area contributed by atoms with Crippen molar-refractivity contribution in [2.24, 2.45) is 0 Å². The van der Waals surface area contributed by atoms with E-state index in [0.29, 0.717) is 0 Å². The lowest BCUT2D eigenvalue weighted by Crippen LogP contribution is -2.42. The van der Waals surface area contributed by atoms with Crippen molar-refractivity contribution in [2.45, 2.75) is 32.0 Å². The summed E-state index contributed by atoms with van der Waals surface area (Å²) < 4.78 is 5.40. The first-order valence-corrected chi connectivity index (χ1v) is 6.09. The van der Waals surface area contributed by atoms with Gasteiger partial charge < -0.3 is 4.74 Å². The Morgan fingerprint density at radius 1 is 1.07 bits per heavy atom. The molecule has 2 heteroatoms. The third-order valence-electron chi connectivity index (χ3n) is 3.48. The van der Waals surface area contributed by atoms with Crippen molar-refractivity contribution in [3.05, 3.63) is 33.9 Å². The Morgan fingerprint density at radius 2 is 1.53 bits per heavy atom. The van der Waals surface area contributed by atoms with E-state index in [-0.39, 0.29) is 4.32 Å². The van der Waals surface area contributed by atoms with E-state index in [1.165, 1.54) is 27.8 Å². The monoisotopic (exact) mass is 268 g/mol. The maximum Gasteiger partial charge on any atom is 0.0976 e. The van der Waals surface area contributed by atoms with Crippen molar-refractivity contribution in [1.29, 1.82) is 0 Å². The summed E-state index contributed by atoms with van der Waals surface area (Å²) in [6.07, 6.45) is 0. The molecule has 2 rings (SSSR count). The Kier molecular flexibility index (Phi) is 2.68. The average Bonchev–Trinajstić information content (AvgIpc) is 2.12. The highest BCUT2D eigenvalue weighted by Gasteiger charge is 2.40. The molecule has 0 radical (unpaired) electrons. The molecule has 1 aliphatic rings. The molecule has 1 nitrogen and oxygen atoms in total. The summed E-state index contributed by atoms with van der Waals surface area (Å²) >= 11 is 3.82. The fourth-order valence-corrected chi connectivity index (χ4v) is 3.23. The first-order chi connectivity index (χ1) is 6.96. The Morgan fingerprint density at radius 3 is 1.87 bits per heavy atom. The Labute approximate surface area is 100.0 Å². The first-order valence-electron chi connectivity index (χ1n) is 5.30. The van der Waals surface area contributed by atoms with Crippen LogP contribution in [0.25, 0.3) is 0 Å². The van der Waals surface area contributed by atoms with Gasteiger partial charge in [-0.1, -0.05) is 22.0 Å². The molecule has 1 fully saturated rings. The second kappa shape index (κ2) is 3.60. The van der Waals surface area contributed by atoms with Crippen molar-refractivity contribution in [3.8, 4) is 0 Å². The predicted octanol–water partition coefficient (Wildman–Crippen LogP) is 3.54. The van der Waals surface area contributed by atoms with Gasteiger partial charge in [0.1, 0.15) is 0 Å². The molecule has 0 bridgehead atoms. The summed E-state index contributed by atoms with van der Waals surface area (Å²) in [4.78, 5) is 0. The standard InChI is InChI=1S/C13H17BrO/c1-8-5-9(2)11(4)12(10(8)3)13(14)6-15-7-13/h5H,6-7H2,1-4H3. The van der Waals surface area contributed by atoms with E-state index in [0.717, 1.165) is 13.2 Å². The zero-order chi connectivity index (χ0) is 11.2. The van der Waals surface area contributed by atoms with E-state index in [4.69, 9.17) is 4.74 Å². The summed E-state index contributed by atoms with van der Waals surface area (Å²) in [5, 5.41) is 0. The number of rotatable bonds is 1. The molecule has 82 valence electrons. The lowest BCUT2D eigenvalue weighted by Gasteiger charge is -2.39. The van der Waals surface area contributed by atoms with Crippen LogP contribution in [0.1, 0.15) is 27.8 Å². The van der Waals surface area contributed by atoms with Crippen LogP contribution in [-0.4, -0.2) is 13.2 Å². The van der Waals surface area contributed by atoms with Gasteiger partial charge in [-0.05, 0) is 55.5 Å². The second-order valence-electron chi connectivity index (χ2n) is 4.59. The average molecular weight is 269 g/mol. The topological polar surface area (TPSA) is 9.23 Å². The van der Waals surface area contributed by atoms with Gasteiger partial charge in [-0.3, -0.25) is 0 Å². The molecule has 0 unspecified atom stereocenters. The zero-order valence-corrected chi connectivity index (χ0v) is 11.4. The van der Waals surface area contributed by atoms with Gasteiger partial charge in [0.05, 0.1) is 17.5 Å². The summed E-state index contributed by atoms with van der Waals surface area (Å²) in [5.41, 5.74) is 6.99. The minimum absolute atomic E-state index is 0.0674. The van der Waals surface area contributed by atoms with E-state index in [1.807, 2.05) is 0 Å². The smallest absolute Gasteiger partial charge is 0.0976 e. The van der Waals surface area contributed by atoms with Crippen molar-refractivity contribution >= 4 is 15.9 Å². The molecule has 0 saturated carbocycles. The second-order valence-corrected chi connectivity index (χ2v) is 6.11. The van der Waals surface area contributed by atoms with Crippen LogP contribution in [0.3, 0.4) is 0 Å². The van der Waals surface area contributed by atoms with Crippen LogP contribution in [-0.2, 0) is 9.06 Å². The number of alkyl halides is 1. The number of hydrogen-bond donors (Lipinski definition) is 0. The number of halogens is 1. The van der Waals surface area contributed by atoms with Gasteiger partial charge in [0.15, 0.2) is 0 Å². The van der Waals surface area contributed by atoms with E-state index >= 15 is 0 Å². The van der Waals surface area contributed by atoms with Crippen LogP contribution in [0.5, 0.6) is 0 Å². The third kappa shape index (κ3) is 1.64. The highest BCUT2D eigenvalue weighted by Crippen LogP contribution is 2.43. The fourth-order valence-electron chi connectivity index (χ4n) is 2.31. The summed E-state index contributed by atoms with van der Waals surface area (Å²) in [6.45, 7) is 10.4. The van der Waals surface area contributed by atoms with E-state index in [2.05, 4.69) is 49.7 Å². The fraction of sp³-hybridized carbons (Fsp3) is 0.538. The van der Waals surface area contributed by atoms with Crippen LogP contribution in [0.15, 0.2) is 6.07 Å². The molecule has 0 spiro atoms. The molecular weight excluding hydrogens is 252 g/mol. The van der Waals surface area contributed by atoms with Gasteiger partial charge in [0.2, 0.25) is 0 Å². The van der Waals surface area contributed by atoms with Gasteiger partial charge in [-0.25, -0.2) is 0 Å². The van der Waals surface area contributed by atoms with Gasteiger partial charge in [0.25, 0.3) is 0 Å². The van der Waals surface area contributed by atoms with Crippen molar-refractivity contribution in [3.63, 3.8) is 0 Å². The maximum atomic E-state index is 5.34. The molecule has 0 amide bonds. The quantitative estimate of drug-likeness (QED) is 0.708. The predicted molar refractivity (Wildman–Crippen MR) is 66.8 cm³/mol. The van der Waals surface area contributed by atoms with E-state index < -0.39 is 0 Å². The minimum atomic E-state index is 0.0674. The number of ether oxygens (including phenoxy) is 1. The Bertz CT molecular complexity index is 379. The largest absolute Gasteiger partial charge is 0.378 e. The van der Waals surface area contributed by atoms with Crippen molar-refractivity contribution < 1.29 is 4.74 Å². The molecule has 0 aromatic heterocycles. The minimum Gasteiger partial charge on any atom is -0.378 e. The van der Waals surface area contributed by atoms with E-state index in [1.54, 1.807) is 0 Å². The molecular formula is C13H17BrO. The van der Waals surface area contributed by atoms with Gasteiger partial charge in [0, 0.05) is 0 Å². The highest BCUT2D eigenvalue weighted by molar-refractivity contribution is 9.09. The molecule has 1 aliphatic heterocycles. The lowest BCUT2D eigenvalue weighted by molar-refractivity contribution is -0.00755. The number of hydrogen-bond acceptors (Lipinski definition) is 1. The SMILES string of the molecule is Cc1cc(C)c(C)c(C2(Br)COC2)c1C. The maximum absolute atomic E-state index is 5.34. The molecule has 1 saturated heterocycles. The van der Waals surface area contributed by atoms with Crippen molar-refractivity contribution in [2.75, 3.05) is 13.2 Å². The Balaban J connectivity index is 2.63. The molecule has 1 aromatic rings. The molecule has 1 heterocycles. The number of benzene rings is 1. The molecule has 0 aliphatic carbocycles. The zero-order valence-electron chi connectivity index (χ0n) is 9.78. The molecule has 0 atom stereocenters. The van der Waals surface area contributed by atoms with E-state index in [9.17, 15) is 0 Å². The summed E-state index contributed by atoms with van der Waals surface area (Å²) in [7, 11) is 0. The van der Waals surface area contributed by atoms with Crippen LogP contribution < -0.4 is 0 Å². The lowest BCUT2D eigenvalue weighted by atomic mass is 9.85. The van der Waals surface area contributed by atoms with Gasteiger partial charge >= 0.3 is 0 Å². The van der Waals surface area contributed by atoms with Gasteiger partial charge in [-0.15, -0.1) is 0 Å². The Hall–Kier alpha value is -0.340. The van der Waals surface area contributed by atoms with Crippen molar-refractivity contribution in [1.82, 2.24) is 0 Å². The number of aryl methyl sites for hydroxylation is 2. The molecule has 15 heavy (non-hydrogen) atoms. The molecule has 1 aromatic carbocycles. The first kappa shape index (κ1) is 11.2. The third-order valence-corrected chi connectivity index (χ3v) is 4.33. The highest BCUT2D eigenvalue weighted by atomic mass is 79.9. The summed E-state index contributed by atoms with van der Waals surface area (Å²) in [5.74, 6) is 0. The summed E-state index contributed by atoms with van der Waals surface area (Å²) in [6, 6.07) is 2.27. The van der Waals surface area contributed by atoms with Crippen LogP contribution in [0.4, 0.5) is 0 Å². The van der Waals surface area contributed by atoms with Gasteiger partial charge in [-0.2, -0.15) is 0 Å². The normalized spacial score (nSPS) is 18.7. The molecule has 0 N–H and O–H groups in total.